The molecule has 1 saturated heterocycles. The lowest BCUT2D eigenvalue weighted by atomic mass is 10.2. The molecule has 0 aromatic heterocycles. The van der Waals surface area contributed by atoms with E-state index >= 15 is 0 Å². The van der Waals surface area contributed by atoms with Crippen molar-refractivity contribution in [3.05, 3.63) is 0 Å². The lowest BCUT2D eigenvalue weighted by molar-refractivity contribution is -0.0679. The zero-order chi connectivity index (χ0) is 13.0. The smallest absolute Gasteiger partial charge is 0.188 e. The molecule has 6 heteroatoms. The van der Waals surface area contributed by atoms with Crippen molar-refractivity contribution >= 4 is 29.9 Å². The van der Waals surface area contributed by atoms with Crippen LogP contribution in [-0.4, -0.2) is 55.3 Å². The minimum absolute atomic E-state index is 0. The van der Waals surface area contributed by atoms with Gasteiger partial charge in [0.25, 0.3) is 0 Å². The Bertz CT molecular complexity index is 286. The third kappa shape index (κ3) is 6.76. The van der Waals surface area contributed by atoms with Crippen LogP contribution in [0.5, 0.6) is 0 Å². The number of halogens is 1. The van der Waals surface area contributed by atoms with E-state index in [4.69, 9.17) is 10.5 Å². The van der Waals surface area contributed by atoms with Gasteiger partial charge in [0, 0.05) is 32.2 Å². The molecule has 0 bridgehead atoms. The molecule has 0 amide bonds. The molecule has 0 spiro atoms. The van der Waals surface area contributed by atoms with Crippen LogP contribution in [0.4, 0.5) is 0 Å². The predicted octanol–water partition coefficient (Wildman–Crippen LogP) is 1.17. The minimum Gasteiger partial charge on any atom is -0.373 e. The lowest BCUT2D eigenvalue weighted by Gasteiger charge is -2.35. The summed E-state index contributed by atoms with van der Waals surface area (Å²) in [5.74, 6) is 0.612. The van der Waals surface area contributed by atoms with Crippen LogP contribution in [-0.2, 0) is 4.74 Å². The highest BCUT2D eigenvalue weighted by Gasteiger charge is 2.22. The van der Waals surface area contributed by atoms with E-state index in [0.29, 0.717) is 24.2 Å². The average molecular weight is 382 g/mol. The molecule has 0 radical (unpaired) electrons. The Morgan fingerprint density at radius 1 is 1.32 bits per heavy atom. The molecule has 2 aliphatic rings. The van der Waals surface area contributed by atoms with E-state index in [2.05, 4.69) is 29.1 Å². The quantitative estimate of drug-likeness (QED) is 0.324. The molecule has 112 valence electrons. The molecule has 3 N–H and O–H groups in total. The molecular formula is C13H27IN4O. The number of morpholine rings is 1. The fourth-order valence-corrected chi connectivity index (χ4v) is 2.44. The number of nitrogens with zero attached hydrogens (tertiary/aromatic N) is 2. The molecule has 2 fully saturated rings. The highest BCUT2D eigenvalue weighted by atomic mass is 127. The van der Waals surface area contributed by atoms with Gasteiger partial charge in [-0.1, -0.05) is 0 Å². The Balaban J connectivity index is 0.00000180. The number of nitrogens with one attached hydrogen (secondary N) is 1. The van der Waals surface area contributed by atoms with Crippen LogP contribution >= 0.6 is 24.0 Å². The second kappa shape index (κ2) is 8.26. The summed E-state index contributed by atoms with van der Waals surface area (Å²) in [6, 6.07) is 0.592. The second-order valence-electron chi connectivity index (χ2n) is 5.56. The van der Waals surface area contributed by atoms with Gasteiger partial charge in [-0.25, -0.2) is 0 Å². The Hall–Kier alpha value is -0.0800. The van der Waals surface area contributed by atoms with E-state index in [1.54, 1.807) is 0 Å². The van der Waals surface area contributed by atoms with E-state index in [0.717, 1.165) is 32.6 Å². The zero-order valence-electron chi connectivity index (χ0n) is 12.0. The van der Waals surface area contributed by atoms with Crippen LogP contribution in [0.3, 0.4) is 0 Å². The van der Waals surface area contributed by atoms with Crippen molar-refractivity contribution in [1.82, 2.24) is 10.2 Å². The van der Waals surface area contributed by atoms with Crippen molar-refractivity contribution in [3.63, 3.8) is 0 Å². The van der Waals surface area contributed by atoms with E-state index in [1.165, 1.54) is 12.8 Å². The van der Waals surface area contributed by atoms with Gasteiger partial charge in [0.05, 0.1) is 12.2 Å². The Morgan fingerprint density at radius 3 is 2.53 bits per heavy atom. The van der Waals surface area contributed by atoms with Gasteiger partial charge in [-0.2, -0.15) is 0 Å². The summed E-state index contributed by atoms with van der Waals surface area (Å²) in [6.07, 6.45) is 4.23. The molecule has 1 aliphatic heterocycles. The summed E-state index contributed by atoms with van der Waals surface area (Å²) in [7, 11) is 0. The van der Waals surface area contributed by atoms with E-state index in [9.17, 15) is 0 Å². The maximum Gasteiger partial charge on any atom is 0.188 e. The first-order chi connectivity index (χ1) is 8.63. The first kappa shape index (κ1) is 17.0. The fraction of sp³-hybridized carbons (Fsp3) is 0.923. The molecule has 5 nitrogen and oxygen atoms in total. The number of hydrogen-bond donors (Lipinski definition) is 2. The standard InChI is InChI=1S/C13H26N4O.HI/c1-10-8-17(9-11(2)18-10)7-3-6-15-13(14)16-12-4-5-12;/h10-12H,3-9H2,1-2H3,(H3,14,15,16);1H. The van der Waals surface area contributed by atoms with Gasteiger partial charge in [-0.05, 0) is 33.1 Å². The van der Waals surface area contributed by atoms with Crippen LogP contribution in [0, 0.1) is 0 Å². The van der Waals surface area contributed by atoms with Crippen molar-refractivity contribution in [2.45, 2.75) is 51.4 Å². The molecule has 1 saturated carbocycles. The molecule has 2 unspecified atom stereocenters. The summed E-state index contributed by atoms with van der Waals surface area (Å²) in [4.78, 5) is 6.81. The fourth-order valence-electron chi connectivity index (χ4n) is 2.44. The van der Waals surface area contributed by atoms with Gasteiger partial charge >= 0.3 is 0 Å². The summed E-state index contributed by atoms with van der Waals surface area (Å²) in [5.41, 5.74) is 5.78. The molecule has 0 aromatic carbocycles. The SMILES string of the molecule is CC1CN(CCCN=C(N)NC2CC2)CC(C)O1.I. The normalized spacial score (nSPS) is 28.8. The number of ether oxygens (including phenoxy) is 1. The molecule has 0 aromatic rings. The largest absolute Gasteiger partial charge is 0.373 e. The number of guanidine groups is 1. The molecule has 2 atom stereocenters. The van der Waals surface area contributed by atoms with Gasteiger partial charge in [0.15, 0.2) is 5.96 Å². The molecule has 1 aliphatic carbocycles. The predicted molar refractivity (Wildman–Crippen MR) is 89.1 cm³/mol. The van der Waals surface area contributed by atoms with Gasteiger partial charge in [0.1, 0.15) is 0 Å². The van der Waals surface area contributed by atoms with Crippen molar-refractivity contribution in [2.75, 3.05) is 26.2 Å². The van der Waals surface area contributed by atoms with Gasteiger partial charge in [0.2, 0.25) is 0 Å². The molecule has 2 rings (SSSR count). The summed E-state index contributed by atoms with van der Waals surface area (Å²) in [6.45, 7) is 8.23. The number of nitrogens with two attached hydrogens (primary N) is 1. The average Bonchev–Trinajstić information content (AvgIpc) is 3.07. The van der Waals surface area contributed by atoms with Crippen molar-refractivity contribution in [2.24, 2.45) is 10.7 Å². The Labute approximate surface area is 133 Å². The first-order valence-corrected chi connectivity index (χ1v) is 7.07. The van der Waals surface area contributed by atoms with Crippen molar-refractivity contribution < 1.29 is 4.74 Å². The third-order valence-corrected chi connectivity index (χ3v) is 3.34. The van der Waals surface area contributed by atoms with Crippen LogP contribution < -0.4 is 11.1 Å². The summed E-state index contributed by atoms with van der Waals surface area (Å²) >= 11 is 0. The number of rotatable bonds is 5. The summed E-state index contributed by atoms with van der Waals surface area (Å²) in [5, 5.41) is 3.20. The minimum atomic E-state index is 0. The zero-order valence-corrected chi connectivity index (χ0v) is 14.3. The van der Waals surface area contributed by atoms with Gasteiger partial charge in [-0.15, -0.1) is 24.0 Å². The highest BCUT2D eigenvalue weighted by molar-refractivity contribution is 14.0. The van der Waals surface area contributed by atoms with Gasteiger partial charge < -0.3 is 15.8 Å². The molecular weight excluding hydrogens is 355 g/mol. The van der Waals surface area contributed by atoms with Crippen LogP contribution in [0.25, 0.3) is 0 Å². The second-order valence-corrected chi connectivity index (χ2v) is 5.56. The van der Waals surface area contributed by atoms with Gasteiger partial charge in [-0.3, -0.25) is 9.89 Å². The number of hydrogen-bond acceptors (Lipinski definition) is 3. The van der Waals surface area contributed by atoms with E-state index in [-0.39, 0.29) is 24.0 Å². The molecule has 1 heterocycles. The first-order valence-electron chi connectivity index (χ1n) is 7.07. The Morgan fingerprint density at radius 2 is 1.95 bits per heavy atom. The van der Waals surface area contributed by atoms with Crippen molar-refractivity contribution in [1.29, 1.82) is 0 Å². The van der Waals surface area contributed by atoms with E-state index < -0.39 is 0 Å². The van der Waals surface area contributed by atoms with Crippen molar-refractivity contribution in [3.8, 4) is 0 Å². The third-order valence-electron chi connectivity index (χ3n) is 3.34. The lowest BCUT2D eigenvalue weighted by Crippen LogP contribution is -2.45. The summed E-state index contributed by atoms with van der Waals surface area (Å²) < 4.78 is 5.71. The van der Waals surface area contributed by atoms with E-state index in [1.807, 2.05) is 0 Å². The maximum atomic E-state index is 5.78. The monoisotopic (exact) mass is 382 g/mol. The molecule has 19 heavy (non-hydrogen) atoms. The Kier molecular flexibility index (Phi) is 7.38. The van der Waals surface area contributed by atoms with Crippen LogP contribution in [0.1, 0.15) is 33.1 Å². The highest BCUT2D eigenvalue weighted by Crippen LogP contribution is 2.18. The maximum absolute atomic E-state index is 5.78. The number of aliphatic imine (C=N–C) groups is 1. The topological polar surface area (TPSA) is 62.9 Å². The van der Waals surface area contributed by atoms with Crippen LogP contribution in [0.15, 0.2) is 4.99 Å². The van der Waals surface area contributed by atoms with Crippen LogP contribution in [0.2, 0.25) is 0 Å².